The Balaban J connectivity index is 3.18. The number of nitrogens with two attached hydrogens (primary N) is 1. The van der Waals surface area contributed by atoms with Gasteiger partial charge in [-0.1, -0.05) is 18.7 Å². The van der Waals surface area contributed by atoms with Crippen LogP contribution in [0.15, 0.2) is 24.8 Å². The molecule has 0 saturated carbocycles. The van der Waals surface area contributed by atoms with Crippen LogP contribution in [0.1, 0.15) is 15.9 Å². The monoisotopic (exact) mass is 147 g/mol. The van der Waals surface area contributed by atoms with Crippen LogP contribution in [0.5, 0.6) is 0 Å². The summed E-state index contributed by atoms with van der Waals surface area (Å²) in [6, 6.07) is 5.20. The standard InChI is InChI=1S/C9H9NO/c1-2-7-3-4-8(6-11)9(10)5-7/h2-6H,1,10H2. The van der Waals surface area contributed by atoms with Gasteiger partial charge in [-0.25, -0.2) is 0 Å². The molecule has 0 radical (unpaired) electrons. The zero-order chi connectivity index (χ0) is 8.27. The molecule has 1 rings (SSSR count). The van der Waals surface area contributed by atoms with E-state index >= 15 is 0 Å². The van der Waals surface area contributed by atoms with Crippen molar-refractivity contribution in [3.8, 4) is 0 Å². The molecule has 0 atom stereocenters. The number of anilines is 1. The van der Waals surface area contributed by atoms with Gasteiger partial charge in [0.05, 0.1) is 0 Å². The normalized spacial score (nSPS) is 9.09. The lowest BCUT2D eigenvalue weighted by Gasteiger charge is -1.98. The van der Waals surface area contributed by atoms with Crippen LogP contribution in [0.2, 0.25) is 0 Å². The van der Waals surface area contributed by atoms with Gasteiger partial charge in [-0.3, -0.25) is 4.79 Å². The molecule has 0 heterocycles. The predicted octanol–water partition coefficient (Wildman–Crippen LogP) is 1.72. The van der Waals surface area contributed by atoms with E-state index in [0.29, 0.717) is 11.3 Å². The van der Waals surface area contributed by atoms with Gasteiger partial charge in [-0.2, -0.15) is 0 Å². The fourth-order valence-electron chi connectivity index (χ4n) is 0.828. The molecule has 0 fully saturated rings. The van der Waals surface area contributed by atoms with E-state index < -0.39 is 0 Å². The maximum atomic E-state index is 10.3. The average molecular weight is 147 g/mol. The fraction of sp³-hybridized carbons (Fsp3) is 0. The second-order valence-electron chi connectivity index (χ2n) is 2.21. The third-order valence-corrected chi connectivity index (χ3v) is 1.47. The highest BCUT2D eigenvalue weighted by Crippen LogP contribution is 2.12. The Hall–Kier alpha value is -1.57. The maximum Gasteiger partial charge on any atom is 0.152 e. The highest BCUT2D eigenvalue weighted by Gasteiger charge is 1.95. The molecule has 0 aliphatic carbocycles. The smallest absolute Gasteiger partial charge is 0.152 e. The summed E-state index contributed by atoms with van der Waals surface area (Å²) in [4.78, 5) is 10.3. The van der Waals surface area contributed by atoms with Crippen molar-refractivity contribution in [3.05, 3.63) is 35.9 Å². The molecule has 0 aliphatic heterocycles. The van der Waals surface area contributed by atoms with Crippen LogP contribution >= 0.6 is 0 Å². The summed E-state index contributed by atoms with van der Waals surface area (Å²) in [5.74, 6) is 0. The van der Waals surface area contributed by atoms with Gasteiger partial charge in [-0.05, 0) is 17.7 Å². The van der Waals surface area contributed by atoms with Crippen LogP contribution in [0.4, 0.5) is 5.69 Å². The Bertz CT molecular complexity index is 292. The fourth-order valence-corrected chi connectivity index (χ4v) is 0.828. The first kappa shape index (κ1) is 7.54. The first-order valence-electron chi connectivity index (χ1n) is 3.25. The second-order valence-corrected chi connectivity index (χ2v) is 2.21. The number of hydrogen-bond donors (Lipinski definition) is 1. The van der Waals surface area contributed by atoms with E-state index in [1.54, 1.807) is 24.3 Å². The zero-order valence-corrected chi connectivity index (χ0v) is 6.08. The van der Waals surface area contributed by atoms with Crippen LogP contribution in [-0.4, -0.2) is 6.29 Å². The van der Waals surface area contributed by atoms with E-state index in [2.05, 4.69) is 6.58 Å². The van der Waals surface area contributed by atoms with Crippen molar-refractivity contribution in [2.75, 3.05) is 5.73 Å². The van der Waals surface area contributed by atoms with Gasteiger partial charge in [0.25, 0.3) is 0 Å². The molecule has 0 spiro atoms. The average Bonchev–Trinajstić information content (AvgIpc) is 2.04. The predicted molar refractivity (Wildman–Crippen MR) is 46.3 cm³/mol. The summed E-state index contributed by atoms with van der Waals surface area (Å²) in [5.41, 5.74) is 7.47. The molecule has 1 aromatic rings. The van der Waals surface area contributed by atoms with E-state index in [1.807, 2.05) is 0 Å². The highest BCUT2D eigenvalue weighted by atomic mass is 16.1. The molecule has 0 aromatic heterocycles. The van der Waals surface area contributed by atoms with Crippen LogP contribution in [0, 0.1) is 0 Å². The van der Waals surface area contributed by atoms with Gasteiger partial charge < -0.3 is 5.73 Å². The lowest BCUT2D eigenvalue weighted by molar-refractivity contribution is 0.112. The SMILES string of the molecule is C=Cc1ccc(C=O)c(N)c1. The number of hydrogen-bond acceptors (Lipinski definition) is 2. The number of benzene rings is 1. The van der Waals surface area contributed by atoms with E-state index in [-0.39, 0.29) is 0 Å². The molecule has 56 valence electrons. The summed E-state index contributed by atoms with van der Waals surface area (Å²) >= 11 is 0. The molecule has 0 unspecified atom stereocenters. The van der Waals surface area contributed by atoms with Gasteiger partial charge in [0.2, 0.25) is 0 Å². The first-order valence-corrected chi connectivity index (χ1v) is 3.25. The number of rotatable bonds is 2. The maximum absolute atomic E-state index is 10.3. The Morgan fingerprint density at radius 3 is 2.64 bits per heavy atom. The summed E-state index contributed by atoms with van der Waals surface area (Å²) in [5, 5.41) is 0. The van der Waals surface area contributed by atoms with Crippen molar-refractivity contribution in [3.63, 3.8) is 0 Å². The number of nitrogen functional groups attached to an aromatic ring is 1. The van der Waals surface area contributed by atoms with E-state index in [4.69, 9.17) is 5.73 Å². The Morgan fingerprint density at radius 1 is 1.45 bits per heavy atom. The molecule has 2 N–H and O–H groups in total. The highest BCUT2D eigenvalue weighted by molar-refractivity contribution is 5.84. The molecular weight excluding hydrogens is 138 g/mol. The minimum atomic E-state index is 0.498. The van der Waals surface area contributed by atoms with Crippen molar-refractivity contribution < 1.29 is 4.79 Å². The Morgan fingerprint density at radius 2 is 2.18 bits per heavy atom. The Kier molecular flexibility index (Phi) is 2.06. The molecular formula is C9H9NO. The van der Waals surface area contributed by atoms with Crippen LogP contribution in [0.3, 0.4) is 0 Å². The molecule has 2 heteroatoms. The quantitative estimate of drug-likeness (QED) is 0.511. The largest absolute Gasteiger partial charge is 0.398 e. The van der Waals surface area contributed by atoms with Crippen molar-refractivity contribution >= 4 is 18.0 Å². The summed E-state index contributed by atoms with van der Waals surface area (Å²) in [6.07, 6.45) is 2.42. The van der Waals surface area contributed by atoms with Crippen LogP contribution in [0.25, 0.3) is 6.08 Å². The molecule has 11 heavy (non-hydrogen) atoms. The minimum absolute atomic E-state index is 0.498. The van der Waals surface area contributed by atoms with E-state index in [9.17, 15) is 4.79 Å². The molecule has 0 aliphatic rings. The molecule has 0 amide bonds. The van der Waals surface area contributed by atoms with E-state index in [1.165, 1.54) is 0 Å². The van der Waals surface area contributed by atoms with Crippen molar-refractivity contribution in [2.45, 2.75) is 0 Å². The van der Waals surface area contributed by atoms with Crippen molar-refractivity contribution in [1.82, 2.24) is 0 Å². The summed E-state index contributed by atoms with van der Waals surface area (Å²) in [7, 11) is 0. The van der Waals surface area contributed by atoms with Gasteiger partial charge in [0.1, 0.15) is 0 Å². The van der Waals surface area contributed by atoms with Crippen molar-refractivity contribution in [1.29, 1.82) is 0 Å². The van der Waals surface area contributed by atoms with Crippen LogP contribution < -0.4 is 5.73 Å². The van der Waals surface area contributed by atoms with Crippen LogP contribution in [-0.2, 0) is 0 Å². The summed E-state index contributed by atoms with van der Waals surface area (Å²) in [6.45, 7) is 3.58. The lowest BCUT2D eigenvalue weighted by atomic mass is 10.1. The number of carbonyl (C=O) groups excluding carboxylic acids is 1. The molecule has 0 saturated heterocycles. The third kappa shape index (κ3) is 1.46. The second kappa shape index (κ2) is 3.01. The van der Waals surface area contributed by atoms with E-state index in [0.717, 1.165) is 11.8 Å². The first-order chi connectivity index (χ1) is 5.27. The molecule has 2 nitrogen and oxygen atoms in total. The number of aldehydes is 1. The van der Waals surface area contributed by atoms with Gasteiger partial charge in [0, 0.05) is 11.3 Å². The molecule has 0 bridgehead atoms. The minimum Gasteiger partial charge on any atom is -0.398 e. The zero-order valence-electron chi connectivity index (χ0n) is 6.08. The third-order valence-electron chi connectivity index (χ3n) is 1.47. The Labute approximate surface area is 65.3 Å². The van der Waals surface area contributed by atoms with Gasteiger partial charge in [0.15, 0.2) is 6.29 Å². The molecule has 1 aromatic carbocycles. The van der Waals surface area contributed by atoms with Gasteiger partial charge in [-0.15, -0.1) is 0 Å². The topological polar surface area (TPSA) is 43.1 Å². The lowest BCUT2D eigenvalue weighted by Crippen LogP contribution is -1.92. The van der Waals surface area contributed by atoms with Gasteiger partial charge >= 0.3 is 0 Å². The summed E-state index contributed by atoms with van der Waals surface area (Å²) < 4.78 is 0. The van der Waals surface area contributed by atoms with Crippen molar-refractivity contribution in [2.24, 2.45) is 0 Å². The number of carbonyl (C=O) groups is 1.